The molecule has 0 fully saturated rings. The van der Waals surface area contributed by atoms with Crippen LogP contribution in [0.5, 0.6) is 0 Å². The third-order valence-electron chi connectivity index (χ3n) is 3.69. The Morgan fingerprint density at radius 1 is 1.37 bits per heavy atom. The summed E-state index contributed by atoms with van der Waals surface area (Å²) >= 11 is 0. The van der Waals surface area contributed by atoms with Crippen molar-refractivity contribution in [3.63, 3.8) is 0 Å². The van der Waals surface area contributed by atoms with E-state index in [1.165, 1.54) is 0 Å². The molecule has 2 aromatic heterocycles. The van der Waals surface area contributed by atoms with E-state index >= 15 is 0 Å². The van der Waals surface area contributed by atoms with Gasteiger partial charge >= 0.3 is 0 Å². The first-order valence-corrected chi connectivity index (χ1v) is 6.29. The van der Waals surface area contributed by atoms with Crippen molar-refractivity contribution in [1.29, 1.82) is 0 Å². The minimum atomic E-state index is -0.906. The van der Waals surface area contributed by atoms with Crippen LogP contribution in [0.1, 0.15) is 13.3 Å². The van der Waals surface area contributed by atoms with Gasteiger partial charge in [0.15, 0.2) is 5.82 Å². The van der Waals surface area contributed by atoms with Crippen LogP contribution >= 0.6 is 0 Å². The van der Waals surface area contributed by atoms with Gasteiger partial charge in [0, 0.05) is 12.1 Å². The Hall–Kier alpha value is -1.92. The Morgan fingerprint density at radius 3 is 2.84 bits per heavy atom. The van der Waals surface area contributed by atoms with Gasteiger partial charge in [-0.15, -0.1) is 0 Å². The molecule has 1 aliphatic carbocycles. The Bertz CT molecular complexity index is 649. The van der Waals surface area contributed by atoms with Gasteiger partial charge < -0.3 is 15.9 Å². The minimum Gasteiger partial charge on any atom is -0.389 e. The normalized spacial score (nSPS) is 26.9. The van der Waals surface area contributed by atoms with Gasteiger partial charge in [0.05, 0.1) is 17.3 Å². The number of imidazole rings is 1. The highest BCUT2D eigenvalue weighted by atomic mass is 16.3. The van der Waals surface area contributed by atoms with Crippen molar-refractivity contribution in [2.75, 3.05) is 5.73 Å². The maximum atomic E-state index is 10.1. The Morgan fingerprint density at radius 2 is 2.16 bits per heavy atom. The maximum Gasteiger partial charge on any atom is 0.151 e. The molecule has 0 bridgehead atoms. The lowest BCUT2D eigenvalue weighted by atomic mass is 10.0. The minimum absolute atomic E-state index is 0.0402. The number of aliphatic hydroxyl groups is 2. The molecular weight excluding hydrogens is 244 g/mol. The molecule has 19 heavy (non-hydrogen) atoms. The van der Waals surface area contributed by atoms with Crippen molar-refractivity contribution in [2.45, 2.75) is 25.6 Å². The Labute approximate surface area is 110 Å². The van der Waals surface area contributed by atoms with E-state index in [4.69, 9.17) is 5.73 Å². The largest absolute Gasteiger partial charge is 0.389 e. The van der Waals surface area contributed by atoms with E-state index < -0.39 is 12.2 Å². The monoisotopic (exact) mass is 260 g/mol. The fraction of sp³-hybridized carbons (Fsp3) is 0.385. The van der Waals surface area contributed by atoms with Gasteiger partial charge in [0.25, 0.3) is 0 Å². The van der Waals surface area contributed by atoms with Crippen LogP contribution in [0.4, 0.5) is 5.82 Å². The van der Waals surface area contributed by atoms with Gasteiger partial charge in [0.1, 0.15) is 17.9 Å². The predicted molar refractivity (Wildman–Crippen MR) is 72.0 cm³/mol. The number of hydrogen-bond acceptors (Lipinski definition) is 5. The quantitative estimate of drug-likeness (QED) is 0.735. The van der Waals surface area contributed by atoms with Crippen molar-refractivity contribution >= 4 is 22.5 Å². The summed E-state index contributed by atoms with van der Waals surface area (Å²) in [5.74, 6) is 0.318. The topological polar surface area (TPSA) is 97.2 Å². The smallest absolute Gasteiger partial charge is 0.151 e. The lowest BCUT2D eigenvalue weighted by Gasteiger charge is -2.16. The highest BCUT2D eigenvalue weighted by molar-refractivity contribution is 5.87. The number of fused-ring (bicyclic) bond motifs is 1. The summed E-state index contributed by atoms with van der Waals surface area (Å²) in [6.07, 6.45) is 4.20. The number of anilines is 1. The van der Waals surface area contributed by atoms with Crippen LogP contribution in [0.15, 0.2) is 24.7 Å². The zero-order valence-electron chi connectivity index (χ0n) is 10.6. The highest BCUT2D eigenvalue weighted by Gasteiger charge is 2.34. The third-order valence-corrected chi connectivity index (χ3v) is 3.69. The molecule has 1 aliphatic rings. The van der Waals surface area contributed by atoms with Crippen molar-refractivity contribution in [3.05, 3.63) is 24.7 Å². The molecule has 0 radical (unpaired) electrons. The summed E-state index contributed by atoms with van der Waals surface area (Å²) in [7, 11) is 0. The van der Waals surface area contributed by atoms with Crippen LogP contribution in [0.2, 0.25) is 0 Å². The van der Waals surface area contributed by atoms with E-state index in [0.29, 0.717) is 17.0 Å². The number of aromatic nitrogens is 3. The summed E-state index contributed by atoms with van der Waals surface area (Å²) in [4.78, 5) is 8.20. The molecule has 2 aromatic rings. The summed E-state index contributed by atoms with van der Waals surface area (Å²) in [5, 5.41) is 20.1. The molecule has 0 aliphatic heterocycles. The average molecular weight is 260 g/mol. The predicted octanol–water partition coefficient (Wildman–Crippen LogP) is 0.616. The number of aliphatic hydroxyl groups excluding tert-OH is 2. The van der Waals surface area contributed by atoms with E-state index in [-0.39, 0.29) is 5.92 Å². The number of nitrogens with zero attached hydrogens (tertiary/aromatic N) is 3. The molecule has 2 heterocycles. The van der Waals surface area contributed by atoms with Crippen LogP contribution in [-0.4, -0.2) is 37.0 Å². The molecule has 6 heteroatoms. The van der Waals surface area contributed by atoms with Gasteiger partial charge in [0.2, 0.25) is 0 Å². The third kappa shape index (κ3) is 1.72. The summed E-state index contributed by atoms with van der Waals surface area (Å²) in [6.45, 7) is 1.98. The van der Waals surface area contributed by atoms with E-state index in [9.17, 15) is 10.2 Å². The molecule has 0 spiro atoms. The van der Waals surface area contributed by atoms with Crippen LogP contribution in [0.3, 0.4) is 0 Å². The van der Waals surface area contributed by atoms with Crippen molar-refractivity contribution in [1.82, 2.24) is 14.5 Å². The van der Waals surface area contributed by atoms with Crippen LogP contribution in [0.25, 0.3) is 16.7 Å². The van der Waals surface area contributed by atoms with E-state index in [1.54, 1.807) is 23.2 Å². The molecule has 6 nitrogen and oxygen atoms in total. The molecule has 0 amide bonds. The van der Waals surface area contributed by atoms with Crippen molar-refractivity contribution in [3.8, 4) is 0 Å². The molecule has 0 unspecified atom stereocenters. The summed E-state index contributed by atoms with van der Waals surface area (Å²) in [5.41, 5.74) is 7.79. The first kappa shape index (κ1) is 12.1. The molecule has 3 atom stereocenters. The lowest BCUT2D eigenvalue weighted by Crippen LogP contribution is -2.28. The number of hydrogen-bond donors (Lipinski definition) is 3. The molecular formula is C13H16N4O2. The zero-order valence-corrected chi connectivity index (χ0v) is 10.6. The van der Waals surface area contributed by atoms with Gasteiger partial charge in [-0.05, 0) is 12.5 Å². The van der Waals surface area contributed by atoms with Gasteiger partial charge in [-0.3, -0.25) is 4.57 Å². The highest BCUT2D eigenvalue weighted by Crippen LogP contribution is 2.32. The van der Waals surface area contributed by atoms with Crippen LogP contribution < -0.4 is 5.73 Å². The van der Waals surface area contributed by atoms with E-state index in [0.717, 1.165) is 11.9 Å². The molecule has 4 N–H and O–H groups in total. The molecule has 3 rings (SSSR count). The second-order valence-electron chi connectivity index (χ2n) is 4.78. The SMILES string of the molecule is CC[C@@H]1C=C(n2cnc3c(N)nccc32)[C@@H](O)[C@H]1O. The standard InChI is InChI=1S/C13H16N4O2/c1-2-7-5-9(12(19)11(7)18)17-6-16-10-8(17)3-4-15-13(10)14/h3-7,11-12,18-19H,2H2,1H3,(H2,14,15)/t7-,11+,12-/m1/s1. The van der Waals surface area contributed by atoms with Crippen molar-refractivity contribution in [2.24, 2.45) is 5.92 Å². The zero-order chi connectivity index (χ0) is 13.6. The fourth-order valence-electron chi connectivity index (χ4n) is 2.58. The molecule has 0 aromatic carbocycles. The van der Waals surface area contributed by atoms with E-state index in [2.05, 4.69) is 9.97 Å². The number of nitrogen functional groups attached to an aromatic ring is 1. The summed E-state index contributed by atoms with van der Waals surface area (Å²) in [6, 6.07) is 1.79. The first-order chi connectivity index (χ1) is 9.13. The average Bonchev–Trinajstić information content (AvgIpc) is 2.94. The summed E-state index contributed by atoms with van der Waals surface area (Å²) < 4.78 is 1.76. The Balaban J connectivity index is 2.13. The van der Waals surface area contributed by atoms with Gasteiger partial charge in [-0.1, -0.05) is 13.0 Å². The fourth-order valence-corrected chi connectivity index (χ4v) is 2.58. The second-order valence-corrected chi connectivity index (χ2v) is 4.78. The number of nitrogens with two attached hydrogens (primary N) is 1. The van der Waals surface area contributed by atoms with Crippen molar-refractivity contribution < 1.29 is 10.2 Å². The Kier molecular flexibility index (Phi) is 2.76. The van der Waals surface area contributed by atoms with Gasteiger partial charge in [-0.25, -0.2) is 9.97 Å². The number of pyridine rings is 1. The molecule has 100 valence electrons. The van der Waals surface area contributed by atoms with Gasteiger partial charge in [-0.2, -0.15) is 0 Å². The second kappa shape index (κ2) is 4.32. The molecule has 0 saturated heterocycles. The molecule has 0 saturated carbocycles. The van der Waals surface area contributed by atoms with E-state index in [1.807, 2.05) is 13.0 Å². The first-order valence-electron chi connectivity index (χ1n) is 6.29. The lowest BCUT2D eigenvalue weighted by molar-refractivity contribution is 0.0349. The maximum absolute atomic E-state index is 10.1. The van der Waals surface area contributed by atoms with Crippen LogP contribution in [-0.2, 0) is 0 Å². The van der Waals surface area contributed by atoms with Crippen LogP contribution in [0, 0.1) is 5.92 Å². The number of rotatable bonds is 2.